The highest BCUT2D eigenvalue weighted by molar-refractivity contribution is 6.32. The van der Waals surface area contributed by atoms with Crippen LogP contribution in [0.3, 0.4) is 0 Å². The first kappa shape index (κ1) is 22.4. The van der Waals surface area contributed by atoms with Gasteiger partial charge in [-0.1, -0.05) is 54.1 Å². The monoisotopic (exact) mass is 490 g/mol. The smallest absolute Gasteiger partial charge is 0.269 e. The third-order valence-electron chi connectivity index (χ3n) is 5.17. The molecular weight excluding hydrogens is 472 g/mol. The van der Waals surface area contributed by atoms with Crippen molar-refractivity contribution in [2.75, 3.05) is 13.2 Å². The molecule has 5 rings (SSSR count). The summed E-state index contributed by atoms with van der Waals surface area (Å²) >= 11 is 6.17. The molecule has 176 valence electrons. The van der Waals surface area contributed by atoms with Crippen molar-refractivity contribution in [3.8, 4) is 22.9 Å². The Balaban J connectivity index is 1.18. The number of carbonyl (C=O) groups excluding carboxylic acids is 2. The van der Waals surface area contributed by atoms with Gasteiger partial charge in [-0.05, 0) is 35.0 Å². The van der Waals surface area contributed by atoms with Gasteiger partial charge in [0.1, 0.15) is 13.2 Å². The van der Waals surface area contributed by atoms with Crippen LogP contribution in [-0.4, -0.2) is 45.2 Å². The van der Waals surface area contributed by atoms with Gasteiger partial charge in [0.05, 0.1) is 11.6 Å². The maximum Gasteiger partial charge on any atom is 0.269 e. The number of ether oxygens (including phenoxy) is 2. The van der Waals surface area contributed by atoms with Gasteiger partial charge in [0.15, 0.2) is 11.5 Å². The van der Waals surface area contributed by atoms with Gasteiger partial charge in [0, 0.05) is 16.7 Å². The quantitative estimate of drug-likeness (QED) is 0.413. The summed E-state index contributed by atoms with van der Waals surface area (Å²) in [6, 6.07) is 19.4. The number of rotatable bonds is 5. The maximum absolute atomic E-state index is 12.5. The summed E-state index contributed by atoms with van der Waals surface area (Å²) in [4.78, 5) is 26.4. The van der Waals surface area contributed by atoms with E-state index in [1.807, 2.05) is 30.3 Å². The topological polar surface area (TPSA) is 120 Å². The van der Waals surface area contributed by atoms with Crippen LogP contribution in [0.4, 0.5) is 0 Å². The van der Waals surface area contributed by atoms with E-state index < -0.39 is 11.8 Å². The SMILES string of the molecule is O=C(NNC(=O)c1cc(Cl)c2c(c1)OCCO2)c1ccc(Cn2nnc(-c3ccccc3)n2)cc1. The first-order valence-corrected chi connectivity index (χ1v) is 11.1. The van der Waals surface area contributed by atoms with E-state index in [0.717, 1.165) is 11.1 Å². The summed E-state index contributed by atoms with van der Waals surface area (Å²) in [7, 11) is 0. The third-order valence-corrected chi connectivity index (χ3v) is 5.45. The highest BCUT2D eigenvalue weighted by Crippen LogP contribution is 2.38. The Morgan fingerprint density at radius 2 is 1.63 bits per heavy atom. The van der Waals surface area contributed by atoms with Crippen molar-refractivity contribution >= 4 is 23.4 Å². The number of aromatic nitrogens is 4. The molecule has 2 N–H and O–H groups in total. The van der Waals surface area contributed by atoms with E-state index in [1.54, 1.807) is 24.3 Å². The molecule has 0 fully saturated rings. The normalized spacial score (nSPS) is 12.1. The standard InChI is InChI=1S/C24H19ClN6O4/c25-19-12-18(13-20-21(19)35-11-10-34-20)24(33)28-27-23(32)17-8-6-15(7-9-17)14-31-29-22(26-30-31)16-4-2-1-3-5-16/h1-9,12-13H,10-11,14H2,(H,27,32)(H,28,33). The van der Waals surface area contributed by atoms with Crippen molar-refractivity contribution < 1.29 is 19.1 Å². The maximum atomic E-state index is 12.5. The molecule has 0 saturated carbocycles. The molecule has 0 spiro atoms. The molecular formula is C24H19ClN6O4. The van der Waals surface area contributed by atoms with Crippen molar-refractivity contribution in [2.45, 2.75) is 6.54 Å². The second-order valence-electron chi connectivity index (χ2n) is 7.60. The fourth-order valence-electron chi connectivity index (χ4n) is 3.44. The molecule has 0 unspecified atom stereocenters. The number of tetrazole rings is 1. The van der Waals surface area contributed by atoms with Crippen LogP contribution in [-0.2, 0) is 6.54 Å². The Labute approximate surface area is 204 Å². The van der Waals surface area contributed by atoms with Gasteiger partial charge in [-0.25, -0.2) is 0 Å². The molecule has 0 radical (unpaired) electrons. The molecule has 0 aliphatic carbocycles. The van der Waals surface area contributed by atoms with Crippen LogP contribution in [0.1, 0.15) is 26.3 Å². The average Bonchev–Trinajstić information content (AvgIpc) is 3.36. The molecule has 0 saturated heterocycles. The lowest BCUT2D eigenvalue weighted by Crippen LogP contribution is -2.41. The lowest BCUT2D eigenvalue weighted by molar-refractivity contribution is 0.0846. The van der Waals surface area contributed by atoms with Gasteiger partial charge in [-0.15, -0.1) is 10.2 Å². The van der Waals surface area contributed by atoms with Crippen LogP contribution < -0.4 is 20.3 Å². The van der Waals surface area contributed by atoms with Gasteiger partial charge in [-0.3, -0.25) is 20.4 Å². The van der Waals surface area contributed by atoms with Gasteiger partial charge < -0.3 is 9.47 Å². The minimum Gasteiger partial charge on any atom is -0.486 e. The second-order valence-corrected chi connectivity index (χ2v) is 8.00. The average molecular weight is 491 g/mol. The Kier molecular flexibility index (Phi) is 6.27. The molecule has 4 aromatic rings. The predicted molar refractivity (Wildman–Crippen MR) is 126 cm³/mol. The lowest BCUT2D eigenvalue weighted by atomic mass is 10.1. The summed E-state index contributed by atoms with van der Waals surface area (Å²) in [5.41, 5.74) is 7.13. The van der Waals surface area contributed by atoms with Gasteiger partial charge in [0.25, 0.3) is 11.8 Å². The third kappa shape index (κ3) is 5.07. The molecule has 0 atom stereocenters. The Bertz CT molecular complexity index is 1370. The molecule has 2 amide bonds. The number of hydrogen-bond donors (Lipinski definition) is 2. The predicted octanol–water partition coefficient (Wildman–Crippen LogP) is 2.89. The van der Waals surface area contributed by atoms with Gasteiger partial charge in [-0.2, -0.15) is 4.80 Å². The van der Waals surface area contributed by atoms with Crippen LogP contribution in [0.5, 0.6) is 11.5 Å². The van der Waals surface area contributed by atoms with Crippen LogP contribution in [0.2, 0.25) is 5.02 Å². The highest BCUT2D eigenvalue weighted by atomic mass is 35.5. The molecule has 1 aliphatic heterocycles. The van der Waals surface area contributed by atoms with Gasteiger partial charge in [0.2, 0.25) is 5.82 Å². The first-order valence-electron chi connectivity index (χ1n) is 10.7. The molecule has 3 aromatic carbocycles. The van der Waals surface area contributed by atoms with Gasteiger partial charge >= 0.3 is 0 Å². The Hall–Kier alpha value is -4.44. The fraction of sp³-hybridized carbons (Fsp3) is 0.125. The van der Waals surface area contributed by atoms with Crippen LogP contribution >= 0.6 is 11.6 Å². The van der Waals surface area contributed by atoms with E-state index in [1.165, 1.54) is 16.9 Å². The number of amides is 2. The second kappa shape index (κ2) is 9.82. The zero-order valence-electron chi connectivity index (χ0n) is 18.3. The minimum atomic E-state index is -0.541. The number of nitrogens with one attached hydrogen (secondary N) is 2. The summed E-state index contributed by atoms with van der Waals surface area (Å²) < 4.78 is 10.9. The summed E-state index contributed by atoms with van der Waals surface area (Å²) in [5.74, 6) is 0.306. The molecule has 1 aliphatic rings. The molecule has 2 heterocycles. The van der Waals surface area contributed by atoms with Crippen LogP contribution in [0, 0.1) is 0 Å². The van der Waals surface area contributed by atoms with E-state index in [0.29, 0.717) is 42.6 Å². The van der Waals surface area contributed by atoms with E-state index >= 15 is 0 Å². The van der Waals surface area contributed by atoms with Crippen molar-refractivity contribution in [1.29, 1.82) is 0 Å². The fourth-order valence-corrected chi connectivity index (χ4v) is 3.70. The number of fused-ring (bicyclic) bond motifs is 1. The van der Waals surface area contributed by atoms with E-state index in [4.69, 9.17) is 21.1 Å². The summed E-state index contributed by atoms with van der Waals surface area (Å²) in [5, 5.41) is 12.8. The highest BCUT2D eigenvalue weighted by Gasteiger charge is 2.19. The van der Waals surface area contributed by atoms with Crippen LogP contribution in [0.15, 0.2) is 66.7 Å². The summed E-state index contributed by atoms with van der Waals surface area (Å²) in [6.07, 6.45) is 0. The Morgan fingerprint density at radius 1 is 0.914 bits per heavy atom. The zero-order valence-corrected chi connectivity index (χ0v) is 19.0. The minimum absolute atomic E-state index is 0.227. The van der Waals surface area contributed by atoms with Crippen LogP contribution in [0.25, 0.3) is 11.4 Å². The van der Waals surface area contributed by atoms with Crippen molar-refractivity contribution in [2.24, 2.45) is 0 Å². The molecule has 10 nitrogen and oxygen atoms in total. The molecule has 0 bridgehead atoms. The number of benzene rings is 3. The molecule has 35 heavy (non-hydrogen) atoms. The number of nitrogens with zero attached hydrogens (tertiary/aromatic N) is 4. The number of hydrogen-bond acceptors (Lipinski definition) is 7. The van der Waals surface area contributed by atoms with E-state index in [2.05, 4.69) is 26.3 Å². The van der Waals surface area contributed by atoms with Crippen molar-refractivity contribution in [3.63, 3.8) is 0 Å². The number of hydrazine groups is 1. The van der Waals surface area contributed by atoms with Crippen molar-refractivity contribution in [1.82, 2.24) is 31.1 Å². The summed E-state index contributed by atoms with van der Waals surface area (Å²) in [6.45, 7) is 1.14. The lowest BCUT2D eigenvalue weighted by Gasteiger charge is -2.20. The molecule has 1 aromatic heterocycles. The number of carbonyl (C=O) groups is 2. The van der Waals surface area contributed by atoms with Crippen molar-refractivity contribution in [3.05, 3.63) is 88.4 Å². The van der Waals surface area contributed by atoms with E-state index in [-0.39, 0.29) is 10.6 Å². The first-order chi connectivity index (χ1) is 17.1. The Morgan fingerprint density at radius 3 is 2.40 bits per heavy atom. The molecule has 11 heteroatoms. The largest absolute Gasteiger partial charge is 0.486 e. The van der Waals surface area contributed by atoms with E-state index in [9.17, 15) is 9.59 Å². The zero-order chi connectivity index (χ0) is 24.2. The number of halogens is 1.